The van der Waals surface area contributed by atoms with Crippen molar-refractivity contribution in [3.05, 3.63) is 58.6 Å². The van der Waals surface area contributed by atoms with E-state index in [9.17, 15) is 4.79 Å². The molecule has 6 heteroatoms. The number of carbonyl (C=O) groups is 1. The second-order valence-electron chi connectivity index (χ2n) is 6.34. The first-order valence-corrected chi connectivity index (χ1v) is 8.63. The molecule has 0 saturated carbocycles. The van der Waals surface area contributed by atoms with Gasteiger partial charge in [0, 0.05) is 10.6 Å². The van der Waals surface area contributed by atoms with Crippen LogP contribution < -0.4 is 19.7 Å². The van der Waals surface area contributed by atoms with E-state index in [1.165, 1.54) is 0 Å². The lowest BCUT2D eigenvalue weighted by Gasteiger charge is -2.18. The summed E-state index contributed by atoms with van der Waals surface area (Å²) in [6.07, 6.45) is 0. The molecule has 1 aliphatic rings. The normalized spacial score (nSPS) is 14.8. The average Bonchev–Trinajstić information content (AvgIpc) is 3.04. The zero-order valence-electron chi connectivity index (χ0n) is 14.3. The molecule has 2 aromatic carbocycles. The van der Waals surface area contributed by atoms with Crippen molar-refractivity contribution in [1.29, 1.82) is 0 Å². The lowest BCUT2D eigenvalue weighted by Crippen LogP contribution is -3.08. The van der Waals surface area contributed by atoms with Crippen molar-refractivity contribution < 1.29 is 19.2 Å². The molecule has 1 amide bonds. The molecule has 25 heavy (non-hydrogen) atoms. The number of rotatable bonds is 6. The number of amides is 1. The predicted molar refractivity (Wildman–Crippen MR) is 96.0 cm³/mol. The lowest BCUT2D eigenvalue weighted by atomic mass is 10.1. The number of halogens is 1. The van der Waals surface area contributed by atoms with Crippen LogP contribution in [0.5, 0.6) is 11.5 Å². The van der Waals surface area contributed by atoms with Crippen molar-refractivity contribution in [2.75, 3.05) is 20.4 Å². The van der Waals surface area contributed by atoms with Crippen molar-refractivity contribution >= 4 is 17.5 Å². The number of nitrogens with one attached hydrogen (secondary N) is 2. The Bertz CT molecular complexity index is 749. The van der Waals surface area contributed by atoms with E-state index in [1.54, 1.807) is 0 Å². The highest BCUT2D eigenvalue weighted by Crippen LogP contribution is 2.34. The van der Waals surface area contributed by atoms with Gasteiger partial charge in [0.05, 0.1) is 13.1 Å². The van der Waals surface area contributed by atoms with E-state index in [0.717, 1.165) is 39.1 Å². The van der Waals surface area contributed by atoms with Gasteiger partial charge >= 0.3 is 0 Å². The van der Waals surface area contributed by atoms with Gasteiger partial charge in [-0.3, -0.25) is 4.79 Å². The Hall–Kier alpha value is -2.24. The Morgan fingerprint density at radius 3 is 2.68 bits per heavy atom. The van der Waals surface area contributed by atoms with Gasteiger partial charge in [-0.05, 0) is 36.8 Å². The highest BCUT2D eigenvalue weighted by atomic mass is 35.5. The van der Waals surface area contributed by atoms with Crippen LogP contribution in [0.2, 0.25) is 5.02 Å². The van der Waals surface area contributed by atoms with E-state index < -0.39 is 0 Å². The molecule has 0 aliphatic carbocycles. The molecule has 2 aromatic rings. The molecule has 1 heterocycles. The van der Waals surface area contributed by atoms with Crippen LogP contribution in [0.3, 0.4) is 0 Å². The van der Waals surface area contributed by atoms with E-state index in [4.69, 9.17) is 21.1 Å². The summed E-state index contributed by atoms with van der Waals surface area (Å²) in [7, 11) is 2.00. The molecule has 2 N–H and O–H groups in total. The summed E-state index contributed by atoms with van der Waals surface area (Å²) in [6, 6.07) is 13.3. The smallest absolute Gasteiger partial charge is 0.275 e. The number of hydrogen-bond donors (Lipinski definition) is 2. The maximum Gasteiger partial charge on any atom is 0.275 e. The zero-order valence-corrected chi connectivity index (χ0v) is 15.1. The predicted octanol–water partition coefficient (Wildman–Crippen LogP) is 1.96. The van der Waals surface area contributed by atoms with E-state index in [1.807, 2.05) is 56.4 Å². The van der Waals surface area contributed by atoms with Crippen molar-refractivity contribution in [1.82, 2.24) is 5.32 Å². The van der Waals surface area contributed by atoms with Crippen molar-refractivity contribution in [2.45, 2.75) is 19.5 Å². The van der Waals surface area contributed by atoms with Gasteiger partial charge in [0.2, 0.25) is 6.79 Å². The van der Waals surface area contributed by atoms with Crippen LogP contribution in [0, 0.1) is 0 Å². The maximum atomic E-state index is 12.3. The first kappa shape index (κ1) is 17.6. The molecule has 132 valence electrons. The Morgan fingerprint density at radius 2 is 1.92 bits per heavy atom. The van der Waals surface area contributed by atoms with Crippen LogP contribution in [0.15, 0.2) is 42.5 Å². The largest absolute Gasteiger partial charge is 0.454 e. The number of fused-ring (bicyclic) bond motifs is 1. The van der Waals surface area contributed by atoms with Crippen LogP contribution in [0.25, 0.3) is 0 Å². The van der Waals surface area contributed by atoms with Crippen LogP contribution in [0.4, 0.5) is 0 Å². The minimum absolute atomic E-state index is 0.0108. The number of carbonyl (C=O) groups excluding carboxylic acids is 1. The summed E-state index contributed by atoms with van der Waals surface area (Å²) < 4.78 is 10.7. The summed E-state index contributed by atoms with van der Waals surface area (Å²) in [5, 5.41) is 3.76. The van der Waals surface area contributed by atoms with Gasteiger partial charge in [-0.1, -0.05) is 29.8 Å². The van der Waals surface area contributed by atoms with Crippen LogP contribution in [0.1, 0.15) is 24.1 Å². The summed E-state index contributed by atoms with van der Waals surface area (Å²) in [6.45, 7) is 3.38. The quantitative estimate of drug-likeness (QED) is 0.827. The average molecular weight is 362 g/mol. The fourth-order valence-corrected chi connectivity index (χ4v) is 2.97. The van der Waals surface area contributed by atoms with Gasteiger partial charge in [-0.15, -0.1) is 0 Å². The fourth-order valence-electron chi connectivity index (χ4n) is 2.85. The van der Waals surface area contributed by atoms with Crippen molar-refractivity contribution in [2.24, 2.45) is 0 Å². The Kier molecular flexibility index (Phi) is 5.46. The van der Waals surface area contributed by atoms with Gasteiger partial charge in [0.1, 0.15) is 6.54 Å². The number of likely N-dealkylation sites (N-methyl/N-ethyl adjacent to an activating group) is 1. The summed E-state index contributed by atoms with van der Waals surface area (Å²) >= 11 is 5.90. The molecular formula is C19H22ClN2O3+. The van der Waals surface area contributed by atoms with Gasteiger partial charge < -0.3 is 19.7 Å². The van der Waals surface area contributed by atoms with Crippen LogP contribution in [-0.2, 0) is 11.3 Å². The fraction of sp³-hybridized carbons (Fsp3) is 0.316. The number of ether oxygens (including phenoxy) is 2. The number of hydrogen-bond acceptors (Lipinski definition) is 3. The highest BCUT2D eigenvalue weighted by Gasteiger charge is 2.18. The third-order valence-electron chi connectivity index (χ3n) is 4.16. The summed E-state index contributed by atoms with van der Waals surface area (Å²) in [4.78, 5) is 13.4. The minimum Gasteiger partial charge on any atom is -0.454 e. The molecule has 0 radical (unpaired) electrons. The van der Waals surface area contributed by atoms with E-state index in [0.29, 0.717) is 6.54 Å². The first-order chi connectivity index (χ1) is 12.0. The highest BCUT2D eigenvalue weighted by molar-refractivity contribution is 6.30. The molecule has 2 atom stereocenters. The van der Waals surface area contributed by atoms with Gasteiger partial charge in [0.15, 0.2) is 18.0 Å². The lowest BCUT2D eigenvalue weighted by molar-refractivity contribution is -0.885. The third kappa shape index (κ3) is 4.65. The standard InChI is InChI=1S/C19H21ClN2O3/c1-13(15-5-8-17-18(9-15)25-12-24-17)21-19(23)11-22(2)10-14-3-6-16(20)7-4-14/h3-9,13H,10-12H2,1-2H3,(H,21,23)/p+1/t13-/m0/s1. The van der Waals surface area contributed by atoms with Gasteiger partial charge in [-0.25, -0.2) is 0 Å². The van der Waals surface area contributed by atoms with Crippen LogP contribution in [-0.4, -0.2) is 26.3 Å². The first-order valence-electron chi connectivity index (χ1n) is 8.26. The molecule has 1 aliphatic heterocycles. The molecular weight excluding hydrogens is 340 g/mol. The molecule has 0 spiro atoms. The van der Waals surface area contributed by atoms with Gasteiger partial charge in [0.25, 0.3) is 5.91 Å². The monoisotopic (exact) mass is 361 g/mol. The molecule has 3 rings (SSSR count). The third-order valence-corrected chi connectivity index (χ3v) is 4.41. The minimum atomic E-state index is -0.0923. The Labute approximate surface area is 152 Å². The molecule has 0 saturated heterocycles. The van der Waals surface area contributed by atoms with Crippen LogP contribution >= 0.6 is 11.6 Å². The molecule has 5 nitrogen and oxygen atoms in total. The molecule has 0 fully saturated rings. The Balaban J connectivity index is 1.52. The van der Waals surface area contributed by atoms with E-state index in [-0.39, 0.29) is 18.7 Å². The molecule has 1 unspecified atom stereocenters. The van der Waals surface area contributed by atoms with Gasteiger partial charge in [-0.2, -0.15) is 0 Å². The van der Waals surface area contributed by atoms with Crippen molar-refractivity contribution in [3.63, 3.8) is 0 Å². The summed E-state index contributed by atoms with van der Waals surface area (Å²) in [5.74, 6) is 1.48. The van der Waals surface area contributed by atoms with E-state index in [2.05, 4.69) is 5.32 Å². The second-order valence-corrected chi connectivity index (χ2v) is 6.78. The summed E-state index contributed by atoms with van der Waals surface area (Å²) in [5.41, 5.74) is 2.14. The SMILES string of the molecule is C[C@H](NC(=O)C[NH+](C)Cc1ccc(Cl)cc1)c1ccc2c(c1)OCO2. The van der Waals surface area contributed by atoms with E-state index >= 15 is 0 Å². The Morgan fingerprint density at radius 1 is 1.20 bits per heavy atom. The maximum absolute atomic E-state index is 12.3. The number of quaternary nitrogens is 1. The molecule has 0 aromatic heterocycles. The zero-order chi connectivity index (χ0) is 17.8. The second kappa shape index (κ2) is 7.76. The van der Waals surface area contributed by atoms with Crippen molar-refractivity contribution in [3.8, 4) is 11.5 Å². The molecule has 0 bridgehead atoms. The topological polar surface area (TPSA) is 52.0 Å². The number of benzene rings is 2.